The summed E-state index contributed by atoms with van der Waals surface area (Å²) in [6.45, 7) is 5.41. The molecule has 11 nitrogen and oxygen atoms in total. The second kappa shape index (κ2) is 15.4. The van der Waals surface area contributed by atoms with Crippen molar-refractivity contribution in [3.8, 4) is 46.1 Å². The van der Waals surface area contributed by atoms with Gasteiger partial charge in [-0.1, -0.05) is 38.0 Å². The fourth-order valence-electron chi connectivity index (χ4n) is 6.54. The van der Waals surface area contributed by atoms with E-state index in [4.69, 9.17) is 9.72 Å². The number of nitrogens with one attached hydrogen (secondary N) is 4. The number of ether oxygens (including phenoxy) is 1. The molecule has 0 saturated carbocycles. The lowest BCUT2D eigenvalue weighted by atomic mass is 9.96. The summed E-state index contributed by atoms with van der Waals surface area (Å²) in [5.74, 6) is 13.8. The van der Waals surface area contributed by atoms with Gasteiger partial charge >= 0.3 is 6.09 Å². The van der Waals surface area contributed by atoms with Crippen LogP contribution in [0.2, 0.25) is 0 Å². The Bertz CT molecular complexity index is 1950. The number of likely N-dealkylation sites (tertiary alicyclic amines) is 1. The van der Waals surface area contributed by atoms with Gasteiger partial charge in [-0.05, 0) is 91.3 Å². The highest BCUT2D eigenvalue weighted by molar-refractivity contribution is 5.86. The number of imidazole rings is 2. The zero-order chi connectivity index (χ0) is 35.2. The Morgan fingerprint density at radius 1 is 0.960 bits per heavy atom. The van der Waals surface area contributed by atoms with Crippen LogP contribution in [0.3, 0.4) is 0 Å². The highest BCUT2D eigenvalue weighted by Crippen LogP contribution is 2.34. The van der Waals surface area contributed by atoms with Crippen LogP contribution in [-0.4, -0.2) is 77.2 Å². The largest absolute Gasteiger partial charge is 0.453 e. The van der Waals surface area contributed by atoms with Crippen LogP contribution in [0.1, 0.15) is 74.5 Å². The molecule has 11 heteroatoms. The predicted molar refractivity (Wildman–Crippen MR) is 194 cm³/mol. The molecular weight excluding hydrogens is 628 g/mol. The molecular formula is C39H44N8O3. The summed E-state index contributed by atoms with van der Waals surface area (Å²) in [5.41, 5.74) is 6.49. The number of aromatic nitrogens is 4. The molecule has 4 heterocycles. The number of carbonyl (C=O) groups is 2. The van der Waals surface area contributed by atoms with E-state index in [0.717, 1.165) is 77.4 Å². The van der Waals surface area contributed by atoms with Crippen LogP contribution in [0.4, 0.5) is 10.5 Å². The number of hydrogen-bond acceptors (Lipinski definition) is 7. The van der Waals surface area contributed by atoms with Crippen LogP contribution in [0.25, 0.3) is 22.4 Å². The smallest absolute Gasteiger partial charge is 0.407 e. The molecule has 2 aliphatic rings. The van der Waals surface area contributed by atoms with Gasteiger partial charge in [0.15, 0.2) is 0 Å². The summed E-state index contributed by atoms with van der Waals surface area (Å²) in [7, 11) is 5.33. The third-order valence-electron chi connectivity index (χ3n) is 9.31. The number of carbonyl (C=O) groups excluding carboxylic acids is 2. The Hall–Kier alpha value is -5.52. The Kier molecular flexibility index (Phi) is 10.5. The van der Waals surface area contributed by atoms with E-state index in [1.165, 1.54) is 7.11 Å². The first-order chi connectivity index (χ1) is 24.2. The van der Waals surface area contributed by atoms with Gasteiger partial charge < -0.3 is 35.1 Å². The number of rotatable bonds is 8. The molecule has 258 valence electrons. The Morgan fingerprint density at radius 2 is 1.72 bits per heavy atom. The number of aromatic amines is 2. The Labute approximate surface area is 293 Å². The third kappa shape index (κ3) is 7.69. The fraction of sp³-hybridized carbons (Fsp3) is 0.385. The molecule has 3 atom stereocenters. The van der Waals surface area contributed by atoms with E-state index in [1.54, 1.807) is 6.20 Å². The van der Waals surface area contributed by atoms with E-state index in [2.05, 4.69) is 84.5 Å². The molecule has 2 aromatic heterocycles. The van der Waals surface area contributed by atoms with Crippen molar-refractivity contribution >= 4 is 17.7 Å². The maximum Gasteiger partial charge on any atom is 0.407 e. The van der Waals surface area contributed by atoms with Crippen molar-refractivity contribution in [2.75, 3.05) is 39.2 Å². The van der Waals surface area contributed by atoms with E-state index in [-0.39, 0.29) is 23.9 Å². The van der Waals surface area contributed by atoms with Gasteiger partial charge in [0.2, 0.25) is 5.91 Å². The van der Waals surface area contributed by atoms with Crippen LogP contribution in [-0.2, 0) is 9.53 Å². The van der Waals surface area contributed by atoms with E-state index < -0.39 is 12.1 Å². The van der Waals surface area contributed by atoms with Gasteiger partial charge in [-0.2, -0.15) is 0 Å². The molecule has 4 N–H and O–H groups in total. The first kappa shape index (κ1) is 34.3. The summed E-state index contributed by atoms with van der Waals surface area (Å²) < 4.78 is 4.77. The highest BCUT2D eigenvalue weighted by Gasteiger charge is 2.37. The van der Waals surface area contributed by atoms with Crippen LogP contribution in [0.15, 0.2) is 54.9 Å². The maximum absolute atomic E-state index is 13.6. The van der Waals surface area contributed by atoms with Crippen molar-refractivity contribution in [2.24, 2.45) is 5.92 Å². The molecule has 0 radical (unpaired) electrons. The van der Waals surface area contributed by atoms with Crippen molar-refractivity contribution in [3.05, 3.63) is 77.8 Å². The standard InChI is InChI=1S/C39H44N8O3/c1-25(2)35(45-39(49)50-5)38(48)47-21-9-13-34(47)37-42-24-33(44-37)28-15-14-26(31(22-28)27-16-18-30(19-17-27)46(3)4)10-6-7-11-29-23-41-36(43-29)32-12-8-20-40-32/h14-19,22-25,32,34-35,40H,8-9,12-13,20-21H2,1-5H3,(H,41,43)(H,42,44)(H,45,49)/t32?,34?,35-/m0/s1. The highest BCUT2D eigenvalue weighted by atomic mass is 16.5. The lowest BCUT2D eigenvalue weighted by Crippen LogP contribution is -2.51. The number of methoxy groups -OCH3 is 1. The fourth-order valence-corrected chi connectivity index (χ4v) is 6.54. The first-order valence-corrected chi connectivity index (χ1v) is 17.1. The minimum atomic E-state index is -0.691. The van der Waals surface area contributed by atoms with Crippen molar-refractivity contribution in [1.82, 2.24) is 35.5 Å². The molecule has 0 spiro atoms. The van der Waals surface area contributed by atoms with Gasteiger partial charge in [-0.3, -0.25) is 4.79 Å². The normalized spacial score (nSPS) is 17.4. The number of anilines is 1. The van der Waals surface area contributed by atoms with Crippen LogP contribution in [0.5, 0.6) is 0 Å². The van der Waals surface area contributed by atoms with Crippen molar-refractivity contribution < 1.29 is 14.3 Å². The minimum Gasteiger partial charge on any atom is -0.453 e. The van der Waals surface area contributed by atoms with Gasteiger partial charge in [0, 0.05) is 37.5 Å². The van der Waals surface area contributed by atoms with E-state index in [0.29, 0.717) is 12.4 Å². The molecule has 2 aromatic carbocycles. The topological polar surface area (TPSA) is 131 Å². The number of alkyl carbamates (subject to hydrolysis) is 1. The van der Waals surface area contributed by atoms with Crippen molar-refractivity contribution in [2.45, 2.75) is 57.7 Å². The average molecular weight is 673 g/mol. The van der Waals surface area contributed by atoms with E-state index >= 15 is 0 Å². The molecule has 50 heavy (non-hydrogen) atoms. The van der Waals surface area contributed by atoms with Gasteiger partial charge in [-0.25, -0.2) is 14.8 Å². The van der Waals surface area contributed by atoms with Gasteiger partial charge in [0.25, 0.3) is 0 Å². The monoisotopic (exact) mass is 672 g/mol. The quantitative estimate of drug-likeness (QED) is 0.184. The zero-order valence-electron chi connectivity index (χ0n) is 29.3. The number of H-pyrrole nitrogens is 2. The van der Waals surface area contributed by atoms with Crippen LogP contribution in [0, 0.1) is 29.6 Å². The molecule has 4 aromatic rings. The predicted octanol–water partition coefficient (Wildman–Crippen LogP) is 5.40. The molecule has 2 saturated heterocycles. The SMILES string of the molecule is COC(=O)N[C@H](C(=O)N1CCCC1c1ncc(-c2ccc(C#CC#Cc3cnc(C4CCCN4)[nH]3)c(-c3ccc(N(C)C)cc3)c2)[nH]1)C(C)C. The summed E-state index contributed by atoms with van der Waals surface area (Å²) in [6.07, 6.45) is 6.79. The Morgan fingerprint density at radius 3 is 2.44 bits per heavy atom. The van der Waals surface area contributed by atoms with Gasteiger partial charge in [0.05, 0.1) is 37.3 Å². The molecule has 2 amide bonds. The number of nitrogens with zero attached hydrogens (tertiary/aromatic N) is 4. The molecule has 0 bridgehead atoms. The molecule has 6 rings (SSSR count). The minimum absolute atomic E-state index is 0.106. The summed E-state index contributed by atoms with van der Waals surface area (Å²) in [4.78, 5) is 45.5. The molecule has 0 aliphatic carbocycles. The second-order valence-corrected chi connectivity index (χ2v) is 13.3. The number of benzene rings is 2. The maximum atomic E-state index is 13.6. The van der Waals surface area contributed by atoms with Gasteiger partial charge in [-0.15, -0.1) is 0 Å². The lowest BCUT2D eigenvalue weighted by molar-refractivity contribution is -0.135. The van der Waals surface area contributed by atoms with Crippen LogP contribution >= 0.6 is 0 Å². The van der Waals surface area contributed by atoms with Crippen molar-refractivity contribution in [1.29, 1.82) is 0 Å². The summed E-state index contributed by atoms with van der Waals surface area (Å²) in [6, 6.07) is 13.9. The lowest BCUT2D eigenvalue weighted by Gasteiger charge is -2.30. The summed E-state index contributed by atoms with van der Waals surface area (Å²) >= 11 is 0. The van der Waals surface area contributed by atoms with E-state index in [1.807, 2.05) is 51.2 Å². The summed E-state index contributed by atoms with van der Waals surface area (Å²) in [5, 5.41) is 6.16. The second-order valence-electron chi connectivity index (χ2n) is 13.3. The van der Waals surface area contributed by atoms with E-state index in [9.17, 15) is 9.59 Å². The average Bonchev–Trinajstić information content (AvgIpc) is 3.95. The Balaban J connectivity index is 1.26. The van der Waals surface area contributed by atoms with Crippen molar-refractivity contribution in [3.63, 3.8) is 0 Å². The molecule has 2 unspecified atom stereocenters. The zero-order valence-corrected chi connectivity index (χ0v) is 29.3. The first-order valence-electron chi connectivity index (χ1n) is 17.1. The van der Waals surface area contributed by atoms with Crippen LogP contribution < -0.4 is 15.5 Å². The van der Waals surface area contributed by atoms with Gasteiger partial charge in [0.1, 0.15) is 23.4 Å². The number of amides is 2. The number of hydrogen-bond donors (Lipinski definition) is 4. The molecule has 2 fully saturated rings. The third-order valence-corrected chi connectivity index (χ3v) is 9.31. The molecule has 2 aliphatic heterocycles.